The molecule has 0 bridgehead atoms. The first kappa shape index (κ1) is 25.8. The van der Waals surface area contributed by atoms with Crippen molar-refractivity contribution in [3.63, 3.8) is 0 Å². The van der Waals surface area contributed by atoms with Gasteiger partial charge in [-0.15, -0.1) is 24.0 Å². The van der Waals surface area contributed by atoms with E-state index in [-0.39, 0.29) is 29.7 Å². The van der Waals surface area contributed by atoms with Gasteiger partial charge in [0.05, 0.1) is 19.0 Å². The molecule has 0 aromatic rings. The molecule has 1 heterocycles. The zero-order valence-corrected chi connectivity index (χ0v) is 19.3. The highest BCUT2D eigenvalue weighted by Crippen LogP contribution is 2.12. The lowest BCUT2D eigenvalue weighted by Gasteiger charge is -2.17. The zero-order chi connectivity index (χ0) is 18.5. The molecule has 0 amide bonds. The van der Waals surface area contributed by atoms with Crippen LogP contribution in [0.4, 0.5) is 0 Å². The summed E-state index contributed by atoms with van der Waals surface area (Å²) in [6.45, 7) is 6.79. The van der Waals surface area contributed by atoms with Gasteiger partial charge in [0.15, 0.2) is 5.96 Å². The lowest BCUT2D eigenvalue weighted by Crippen LogP contribution is -2.39. The normalized spacial score (nSPS) is 18.0. The molecule has 8 nitrogen and oxygen atoms in total. The highest BCUT2D eigenvalue weighted by Gasteiger charge is 2.15. The molecular formula is C16H35IN4O4S. The van der Waals surface area contributed by atoms with Crippen LogP contribution in [-0.4, -0.2) is 84.6 Å². The van der Waals surface area contributed by atoms with Crippen LogP contribution < -0.4 is 10.6 Å². The first-order valence-corrected chi connectivity index (χ1v) is 10.6. The van der Waals surface area contributed by atoms with Gasteiger partial charge in [-0.25, -0.2) is 12.7 Å². The van der Waals surface area contributed by atoms with Crippen LogP contribution in [0.2, 0.25) is 0 Å². The van der Waals surface area contributed by atoms with Crippen LogP contribution in [0.3, 0.4) is 0 Å². The third kappa shape index (κ3) is 10.9. The van der Waals surface area contributed by atoms with E-state index in [1.807, 2.05) is 0 Å². The van der Waals surface area contributed by atoms with Gasteiger partial charge in [-0.2, -0.15) is 0 Å². The summed E-state index contributed by atoms with van der Waals surface area (Å²) in [5.74, 6) is 1.41. The molecule has 1 atom stereocenters. The average molecular weight is 506 g/mol. The highest BCUT2D eigenvalue weighted by molar-refractivity contribution is 14.0. The smallest absolute Gasteiger partial charge is 0.213 e. The molecule has 1 aliphatic rings. The Morgan fingerprint density at radius 2 is 2.00 bits per heavy atom. The van der Waals surface area contributed by atoms with Crippen LogP contribution >= 0.6 is 24.0 Å². The van der Waals surface area contributed by atoms with E-state index in [4.69, 9.17) is 9.47 Å². The number of sulfonamides is 1. The Labute approximate surface area is 175 Å². The molecule has 0 radical (unpaired) electrons. The summed E-state index contributed by atoms with van der Waals surface area (Å²) in [5.41, 5.74) is 0. The van der Waals surface area contributed by atoms with Crippen LogP contribution in [0.25, 0.3) is 0 Å². The third-order valence-corrected chi connectivity index (χ3v) is 6.00. The lowest BCUT2D eigenvalue weighted by molar-refractivity contribution is 0.0888. The molecule has 1 rings (SSSR count). The lowest BCUT2D eigenvalue weighted by atomic mass is 10.1. The van der Waals surface area contributed by atoms with Gasteiger partial charge in [-0.1, -0.05) is 0 Å². The Balaban J connectivity index is 0.00000625. The molecule has 0 aromatic carbocycles. The fourth-order valence-corrected chi connectivity index (χ4v) is 3.28. The van der Waals surface area contributed by atoms with Gasteiger partial charge in [0.1, 0.15) is 0 Å². The highest BCUT2D eigenvalue weighted by atomic mass is 127. The van der Waals surface area contributed by atoms with Crippen molar-refractivity contribution in [3.8, 4) is 0 Å². The van der Waals surface area contributed by atoms with E-state index in [0.29, 0.717) is 19.0 Å². The van der Waals surface area contributed by atoms with E-state index < -0.39 is 10.0 Å². The number of nitrogens with zero attached hydrogens (tertiary/aromatic N) is 2. The standard InChI is InChI=1S/C16H34N4O4S.HI/c1-4-25(21,22)20(3)10-5-8-18-16(17-2)19-9-6-11-23-13-15-7-12-24-14-15;/h15H,4-14H2,1-3H3,(H2,17,18,19);1H. The van der Waals surface area contributed by atoms with Crippen molar-refractivity contribution < 1.29 is 17.9 Å². The molecule has 0 aromatic heterocycles. The third-order valence-electron chi connectivity index (χ3n) is 4.14. The second-order valence-corrected chi connectivity index (χ2v) is 8.52. The Hall–Kier alpha value is -0.170. The maximum absolute atomic E-state index is 11.6. The molecule has 2 N–H and O–H groups in total. The van der Waals surface area contributed by atoms with E-state index in [1.54, 1.807) is 21.0 Å². The van der Waals surface area contributed by atoms with E-state index in [9.17, 15) is 8.42 Å². The predicted molar refractivity (Wildman–Crippen MR) is 116 cm³/mol. The first-order chi connectivity index (χ1) is 12.0. The summed E-state index contributed by atoms with van der Waals surface area (Å²) >= 11 is 0. The van der Waals surface area contributed by atoms with Gasteiger partial charge in [-0.05, 0) is 26.2 Å². The molecule has 1 unspecified atom stereocenters. The number of halogens is 1. The molecule has 156 valence electrons. The zero-order valence-electron chi connectivity index (χ0n) is 16.2. The predicted octanol–water partition coefficient (Wildman–Crippen LogP) is 0.884. The first-order valence-electron chi connectivity index (χ1n) is 9.03. The minimum atomic E-state index is -3.10. The second kappa shape index (κ2) is 14.8. The fourth-order valence-electron chi connectivity index (χ4n) is 2.43. The number of hydrogen-bond donors (Lipinski definition) is 2. The number of ether oxygens (including phenoxy) is 2. The van der Waals surface area contributed by atoms with Gasteiger partial charge in [0.25, 0.3) is 0 Å². The molecule has 1 saturated heterocycles. The number of hydrogen-bond acceptors (Lipinski definition) is 5. The van der Waals surface area contributed by atoms with Crippen molar-refractivity contribution in [1.29, 1.82) is 0 Å². The van der Waals surface area contributed by atoms with Gasteiger partial charge < -0.3 is 20.1 Å². The van der Waals surface area contributed by atoms with Crippen molar-refractivity contribution in [2.45, 2.75) is 26.2 Å². The molecule has 26 heavy (non-hydrogen) atoms. The van der Waals surface area contributed by atoms with Crippen molar-refractivity contribution in [3.05, 3.63) is 0 Å². The summed E-state index contributed by atoms with van der Waals surface area (Å²) in [5, 5.41) is 6.42. The molecule has 0 spiro atoms. The molecule has 10 heteroatoms. The summed E-state index contributed by atoms with van der Waals surface area (Å²) in [4.78, 5) is 4.16. The topological polar surface area (TPSA) is 92.3 Å². The largest absolute Gasteiger partial charge is 0.381 e. The second-order valence-electron chi connectivity index (χ2n) is 6.16. The van der Waals surface area contributed by atoms with Gasteiger partial charge in [0, 0.05) is 52.9 Å². The van der Waals surface area contributed by atoms with Crippen LogP contribution in [-0.2, 0) is 19.5 Å². The Bertz CT molecular complexity index is 485. The fraction of sp³-hybridized carbons (Fsp3) is 0.938. The van der Waals surface area contributed by atoms with E-state index in [2.05, 4.69) is 15.6 Å². The van der Waals surface area contributed by atoms with E-state index in [1.165, 1.54) is 4.31 Å². The molecule has 1 aliphatic heterocycles. The summed E-state index contributed by atoms with van der Waals surface area (Å²) in [6.07, 6.45) is 2.73. The van der Waals surface area contributed by atoms with Crippen molar-refractivity contribution in [2.75, 3.05) is 65.9 Å². The summed E-state index contributed by atoms with van der Waals surface area (Å²) < 4.78 is 35.7. The molecule has 0 saturated carbocycles. The van der Waals surface area contributed by atoms with Gasteiger partial charge in [0.2, 0.25) is 10.0 Å². The number of nitrogens with one attached hydrogen (secondary N) is 2. The van der Waals surface area contributed by atoms with Crippen LogP contribution in [0, 0.1) is 5.92 Å². The maximum Gasteiger partial charge on any atom is 0.213 e. The maximum atomic E-state index is 11.6. The number of rotatable bonds is 12. The van der Waals surface area contributed by atoms with E-state index in [0.717, 1.165) is 58.2 Å². The Morgan fingerprint density at radius 1 is 1.31 bits per heavy atom. The number of guanidine groups is 1. The van der Waals surface area contributed by atoms with Crippen molar-refractivity contribution in [2.24, 2.45) is 10.9 Å². The van der Waals surface area contributed by atoms with Crippen molar-refractivity contribution in [1.82, 2.24) is 14.9 Å². The quantitative estimate of drug-likeness (QED) is 0.177. The minimum Gasteiger partial charge on any atom is -0.381 e. The Kier molecular flexibility index (Phi) is 14.7. The monoisotopic (exact) mass is 506 g/mol. The van der Waals surface area contributed by atoms with Gasteiger partial charge >= 0.3 is 0 Å². The minimum absolute atomic E-state index is 0. The molecule has 1 fully saturated rings. The molecular weight excluding hydrogens is 471 g/mol. The van der Waals surface area contributed by atoms with Crippen LogP contribution in [0.1, 0.15) is 26.2 Å². The average Bonchev–Trinajstić information content (AvgIpc) is 3.12. The Morgan fingerprint density at radius 3 is 2.58 bits per heavy atom. The van der Waals surface area contributed by atoms with Crippen LogP contribution in [0.15, 0.2) is 4.99 Å². The van der Waals surface area contributed by atoms with Gasteiger partial charge in [-0.3, -0.25) is 4.99 Å². The molecule has 0 aliphatic carbocycles. The van der Waals surface area contributed by atoms with Crippen LogP contribution in [0.5, 0.6) is 0 Å². The summed E-state index contributed by atoms with van der Waals surface area (Å²) in [6, 6.07) is 0. The SMILES string of the molecule is CCS(=O)(=O)N(C)CCCNC(=NC)NCCCOCC1CCOC1.I. The van der Waals surface area contributed by atoms with E-state index >= 15 is 0 Å². The van der Waals surface area contributed by atoms with Crippen molar-refractivity contribution >= 4 is 40.0 Å². The number of aliphatic imine (C=N–C) groups is 1. The summed E-state index contributed by atoms with van der Waals surface area (Å²) in [7, 11) is 0.241.